The Bertz CT molecular complexity index is 125. The predicted octanol–water partition coefficient (Wildman–Crippen LogP) is 2.69. The van der Waals surface area contributed by atoms with Crippen molar-refractivity contribution in [1.82, 2.24) is 5.01 Å². The highest BCUT2D eigenvalue weighted by Crippen LogP contribution is 2.18. The van der Waals surface area contributed by atoms with Gasteiger partial charge in [0, 0.05) is 12.6 Å². The van der Waals surface area contributed by atoms with Crippen LogP contribution >= 0.6 is 0 Å². The maximum atomic E-state index is 5.93. The van der Waals surface area contributed by atoms with Crippen molar-refractivity contribution < 1.29 is 0 Å². The molecular formula is C11H24N2. The zero-order valence-corrected chi connectivity index (χ0v) is 8.97. The smallest absolute Gasteiger partial charge is 0.0241 e. The predicted molar refractivity (Wildman–Crippen MR) is 57.3 cm³/mol. The van der Waals surface area contributed by atoms with E-state index in [0.717, 1.165) is 6.54 Å². The number of piperidine rings is 1. The van der Waals surface area contributed by atoms with E-state index < -0.39 is 0 Å². The molecule has 13 heavy (non-hydrogen) atoms. The number of unbranched alkanes of at least 4 members (excludes halogenated alkanes) is 3. The Morgan fingerprint density at radius 2 is 2.08 bits per heavy atom. The number of rotatable bonds is 5. The Morgan fingerprint density at radius 3 is 2.77 bits per heavy atom. The van der Waals surface area contributed by atoms with Crippen LogP contribution in [0.1, 0.15) is 58.3 Å². The summed E-state index contributed by atoms with van der Waals surface area (Å²) in [5.74, 6) is 5.93. The third-order valence-corrected chi connectivity index (χ3v) is 3.06. The quantitative estimate of drug-likeness (QED) is 0.526. The number of hydrogen-bond donors (Lipinski definition) is 1. The molecule has 0 amide bonds. The van der Waals surface area contributed by atoms with Crippen molar-refractivity contribution in [2.45, 2.75) is 64.3 Å². The van der Waals surface area contributed by atoms with Crippen LogP contribution in [0.2, 0.25) is 0 Å². The molecule has 0 aromatic heterocycles. The minimum absolute atomic E-state index is 0.686. The standard InChI is InChI=1S/C11H24N2/c1-2-3-4-5-8-11-9-6-7-10-13(11)12/h11H,2-10,12H2,1H3. The van der Waals surface area contributed by atoms with Crippen LogP contribution in [0.4, 0.5) is 0 Å². The van der Waals surface area contributed by atoms with Gasteiger partial charge in [-0.3, -0.25) is 5.84 Å². The molecule has 2 heteroatoms. The van der Waals surface area contributed by atoms with E-state index in [2.05, 4.69) is 11.9 Å². The molecule has 1 heterocycles. The highest BCUT2D eigenvalue weighted by molar-refractivity contribution is 4.72. The molecule has 1 fully saturated rings. The summed E-state index contributed by atoms with van der Waals surface area (Å²) >= 11 is 0. The second-order valence-corrected chi connectivity index (χ2v) is 4.24. The summed E-state index contributed by atoms with van der Waals surface area (Å²) in [4.78, 5) is 0. The molecule has 1 saturated heterocycles. The van der Waals surface area contributed by atoms with E-state index in [1.165, 1.54) is 51.4 Å². The first-order valence-electron chi connectivity index (χ1n) is 5.86. The minimum Gasteiger partial charge on any atom is -0.269 e. The summed E-state index contributed by atoms with van der Waals surface area (Å²) in [5, 5.41) is 2.06. The first-order chi connectivity index (χ1) is 6.34. The van der Waals surface area contributed by atoms with E-state index in [1.54, 1.807) is 0 Å². The van der Waals surface area contributed by atoms with E-state index >= 15 is 0 Å². The zero-order valence-electron chi connectivity index (χ0n) is 8.97. The molecule has 0 aromatic carbocycles. The Morgan fingerprint density at radius 1 is 1.23 bits per heavy atom. The first-order valence-corrected chi connectivity index (χ1v) is 5.86. The van der Waals surface area contributed by atoms with E-state index in [1.807, 2.05) is 0 Å². The van der Waals surface area contributed by atoms with Gasteiger partial charge in [0.2, 0.25) is 0 Å². The van der Waals surface area contributed by atoms with Crippen LogP contribution in [0.3, 0.4) is 0 Å². The lowest BCUT2D eigenvalue weighted by molar-refractivity contribution is 0.140. The molecular weight excluding hydrogens is 160 g/mol. The SMILES string of the molecule is CCCCCCC1CCCCN1N. The lowest BCUT2D eigenvalue weighted by Gasteiger charge is -2.31. The molecule has 1 unspecified atom stereocenters. The van der Waals surface area contributed by atoms with Gasteiger partial charge in [0.15, 0.2) is 0 Å². The Labute approximate surface area is 82.5 Å². The molecule has 0 spiro atoms. The Balaban J connectivity index is 2.05. The molecule has 2 nitrogen and oxygen atoms in total. The summed E-state index contributed by atoms with van der Waals surface area (Å²) < 4.78 is 0. The van der Waals surface area contributed by atoms with Gasteiger partial charge in [-0.2, -0.15) is 0 Å². The van der Waals surface area contributed by atoms with Gasteiger partial charge in [-0.15, -0.1) is 0 Å². The monoisotopic (exact) mass is 184 g/mol. The Hall–Kier alpha value is -0.0800. The average molecular weight is 184 g/mol. The fourth-order valence-electron chi connectivity index (χ4n) is 2.14. The fourth-order valence-corrected chi connectivity index (χ4v) is 2.14. The maximum Gasteiger partial charge on any atom is 0.0241 e. The van der Waals surface area contributed by atoms with Gasteiger partial charge in [0.05, 0.1) is 0 Å². The molecule has 0 aromatic rings. The van der Waals surface area contributed by atoms with E-state index in [-0.39, 0.29) is 0 Å². The summed E-state index contributed by atoms with van der Waals surface area (Å²) in [6, 6.07) is 0.686. The molecule has 1 rings (SSSR count). The van der Waals surface area contributed by atoms with E-state index in [4.69, 9.17) is 5.84 Å². The molecule has 1 aliphatic heterocycles. The van der Waals surface area contributed by atoms with Crippen molar-refractivity contribution in [3.63, 3.8) is 0 Å². The molecule has 0 bridgehead atoms. The number of hydrogen-bond acceptors (Lipinski definition) is 2. The normalized spacial score (nSPS) is 24.9. The lowest BCUT2D eigenvalue weighted by Crippen LogP contribution is -2.44. The van der Waals surface area contributed by atoms with E-state index in [0.29, 0.717) is 6.04 Å². The van der Waals surface area contributed by atoms with Crippen molar-refractivity contribution in [1.29, 1.82) is 0 Å². The summed E-state index contributed by atoms with van der Waals surface area (Å²) in [6.45, 7) is 3.37. The van der Waals surface area contributed by atoms with Crippen LogP contribution in [0.25, 0.3) is 0 Å². The van der Waals surface area contributed by atoms with Gasteiger partial charge in [0.1, 0.15) is 0 Å². The van der Waals surface area contributed by atoms with Crippen LogP contribution in [-0.4, -0.2) is 17.6 Å². The van der Waals surface area contributed by atoms with Crippen LogP contribution in [-0.2, 0) is 0 Å². The molecule has 78 valence electrons. The van der Waals surface area contributed by atoms with Crippen molar-refractivity contribution >= 4 is 0 Å². The van der Waals surface area contributed by atoms with Gasteiger partial charge >= 0.3 is 0 Å². The Kier molecular flexibility index (Phi) is 5.40. The molecule has 1 atom stereocenters. The highest BCUT2D eigenvalue weighted by Gasteiger charge is 2.18. The van der Waals surface area contributed by atoms with Gasteiger partial charge in [-0.1, -0.05) is 39.0 Å². The van der Waals surface area contributed by atoms with E-state index in [9.17, 15) is 0 Å². The molecule has 0 saturated carbocycles. The zero-order chi connectivity index (χ0) is 9.52. The largest absolute Gasteiger partial charge is 0.269 e. The topological polar surface area (TPSA) is 29.3 Å². The van der Waals surface area contributed by atoms with Crippen molar-refractivity contribution in [3.05, 3.63) is 0 Å². The summed E-state index contributed by atoms with van der Waals surface area (Å²) in [7, 11) is 0. The van der Waals surface area contributed by atoms with Crippen molar-refractivity contribution in [2.24, 2.45) is 5.84 Å². The van der Waals surface area contributed by atoms with Crippen LogP contribution in [0.5, 0.6) is 0 Å². The second-order valence-electron chi connectivity index (χ2n) is 4.24. The highest BCUT2D eigenvalue weighted by atomic mass is 15.4. The molecule has 0 radical (unpaired) electrons. The van der Waals surface area contributed by atoms with Crippen LogP contribution in [0, 0.1) is 0 Å². The number of nitrogens with two attached hydrogens (primary N) is 1. The molecule has 0 aliphatic carbocycles. The van der Waals surface area contributed by atoms with Gasteiger partial charge in [-0.05, 0) is 19.3 Å². The number of nitrogens with zero attached hydrogens (tertiary/aromatic N) is 1. The third-order valence-electron chi connectivity index (χ3n) is 3.06. The van der Waals surface area contributed by atoms with Crippen LogP contribution in [0.15, 0.2) is 0 Å². The second kappa shape index (κ2) is 6.39. The fraction of sp³-hybridized carbons (Fsp3) is 1.00. The van der Waals surface area contributed by atoms with Crippen LogP contribution < -0.4 is 5.84 Å². The van der Waals surface area contributed by atoms with Crippen molar-refractivity contribution in [3.8, 4) is 0 Å². The first kappa shape index (κ1) is 11.0. The average Bonchev–Trinajstić information content (AvgIpc) is 2.15. The van der Waals surface area contributed by atoms with Gasteiger partial charge in [-0.25, -0.2) is 5.01 Å². The third kappa shape index (κ3) is 4.10. The molecule has 1 aliphatic rings. The lowest BCUT2D eigenvalue weighted by atomic mass is 9.98. The maximum absolute atomic E-state index is 5.93. The number of hydrazine groups is 1. The summed E-state index contributed by atoms with van der Waals surface area (Å²) in [6.07, 6.45) is 10.8. The molecule has 2 N–H and O–H groups in total. The summed E-state index contributed by atoms with van der Waals surface area (Å²) in [5.41, 5.74) is 0. The minimum atomic E-state index is 0.686. The van der Waals surface area contributed by atoms with Gasteiger partial charge < -0.3 is 0 Å². The van der Waals surface area contributed by atoms with Crippen molar-refractivity contribution in [2.75, 3.05) is 6.54 Å². The van der Waals surface area contributed by atoms with Gasteiger partial charge in [0.25, 0.3) is 0 Å².